The zero-order chi connectivity index (χ0) is 13.2. The van der Waals surface area contributed by atoms with Crippen LogP contribution in [0, 0.1) is 0 Å². The van der Waals surface area contributed by atoms with Crippen molar-refractivity contribution in [2.45, 2.75) is 6.92 Å². The normalized spacial score (nSPS) is 10.8. The van der Waals surface area contributed by atoms with Gasteiger partial charge < -0.3 is 15.3 Å². The number of hydrogen-bond acceptors (Lipinski definition) is 2. The van der Waals surface area contributed by atoms with Gasteiger partial charge in [0.2, 0.25) is 0 Å². The molecule has 0 aromatic carbocycles. The molecule has 3 heterocycles. The second-order valence-corrected chi connectivity index (χ2v) is 4.26. The predicted molar refractivity (Wildman–Crippen MR) is 76.0 cm³/mol. The molecule has 0 saturated heterocycles. The van der Waals surface area contributed by atoms with Crippen LogP contribution in [0.2, 0.25) is 0 Å². The van der Waals surface area contributed by atoms with Gasteiger partial charge in [-0.05, 0) is 30.7 Å². The molecule has 0 fully saturated rings. The minimum absolute atomic E-state index is 0. The van der Waals surface area contributed by atoms with E-state index >= 15 is 0 Å². The quantitative estimate of drug-likeness (QED) is 0.673. The highest BCUT2D eigenvalue weighted by molar-refractivity contribution is 5.97. The summed E-state index contributed by atoms with van der Waals surface area (Å²) in [6.07, 6.45) is 5.46. The number of nitrogens with zero attached hydrogens (tertiary/aromatic N) is 1. The Morgan fingerprint density at radius 3 is 3.16 bits per heavy atom. The smallest absolute Gasteiger partial charge is 0.267 e. The summed E-state index contributed by atoms with van der Waals surface area (Å²) in [5.41, 5.74) is 3.45. The summed E-state index contributed by atoms with van der Waals surface area (Å²) in [7, 11) is 0. The van der Waals surface area contributed by atoms with E-state index in [1.54, 1.807) is 6.20 Å². The summed E-state index contributed by atoms with van der Waals surface area (Å²) in [5.74, 6) is -0.0897. The average Bonchev–Trinajstić information content (AvgIpc) is 3.07. The maximum absolute atomic E-state index is 11.7. The first kappa shape index (κ1) is 11.5. The first-order chi connectivity index (χ1) is 9.29. The minimum atomic E-state index is -0.0897. The van der Waals surface area contributed by atoms with E-state index in [1.807, 2.05) is 37.5 Å². The number of rotatable bonds is 3. The number of aromatic nitrogens is 3. The van der Waals surface area contributed by atoms with Crippen LogP contribution >= 0.6 is 0 Å². The van der Waals surface area contributed by atoms with Crippen molar-refractivity contribution >= 4 is 16.9 Å². The van der Waals surface area contributed by atoms with Gasteiger partial charge in [-0.3, -0.25) is 4.79 Å². The number of pyridine rings is 1. The molecule has 5 nitrogen and oxygen atoms in total. The predicted octanol–water partition coefficient (Wildman–Crippen LogP) is 2.55. The molecule has 0 aliphatic heterocycles. The highest BCUT2D eigenvalue weighted by Gasteiger charge is 2.11. The van der Waals surface area contributed by atoms with E-state index in [4.69, 9.17) is 0 Å². The van der Waals surface area contributed by atoms with Crippen LogP contribution in [0.1, 0.15) is 18.8 Å². The molecule has 1 amide bonds. The molecule has 0 atom stereocenters. The Morgan fingerprint density at radius 2 is 2.32 bits per heavy atom. The van der Waals surface area contributed by atoms with Gasteiger partial charge in [0.15, 0.2) is 0 Å². The van der Waals surface area contributed by atoms with Crippen molar-refractivity contribution in [2.24, 2.45) is 0 Å². The SMILES string of the molecule is CCNC(=O)c1cc(-c2ccnc3[nH]ccc23)c[nH]1.[HH]. The first-order valence-electron chi connectivity index (χ1n) is 6.18. The van der Waals surface area contributed by atoms with Crippen LogP contribution in [-0.2, 0) is 0 Å². The lowest BCUT2D eigenvalue weighted by Crippen LogP contribution is -2.22. The van der Waals surface area contributed by atoms with Crippen LogP contribution in [-0.4, -0.2) is 27.4 Å². The molecule has 0 unspecified atom stereocenters. The third-order valence-electron chi connectivity index (χ3n) is 3.04. The third-order valence-corrected chi connectivity index (χ3v) is 3.04. The number of fused-ring (bicyclic) bond motifs is 1. The summed E-state index contributed by atoms with van der Waals surface area (Å²) in [4.78, 5) is 22.1. The van der Waals surface area contributed by atoms with Crippen molar-refractivity contribution < 1.29 is 6.22 Å². The maximum Gasteiger partial charge on any atom is 0.267 e. The van der Waals surface area contributed by atoms with Gasteiger partial charge in [0.1, 0.15) is 11.3 Å². The van der Waals surface area contributed by atoms with E-state index in [1.165, 1.54) is 0 Å². The van der Waals surface area contributed by atoms with E-state index in [0.717, 1.165) is 22.2 Å². The van der Waals surface area contributed by atoms with Gasteiger partial charge in [0, 0.05) is 37.5 Å². The van der Waals surface area contributed by atoms with E-state index in [2.05, 4.69) is 20.3 Å². The van der Waals surface area contributed by atoms with Crippen LogP contribution in [0.4, 0.5) is 0 Å². The largest absolute Gasteiger partial charge is 0.357 e. The van der Waals surface area contributed by atoms with Crippen molar-refractivity contribution in [1.29, 1.82) is 0 Å². The highest BCUT2D eigenvalue weighted by atomic mass is 16.1. The average molecular weight is 256 g/mol. The zero-order valence-electron chi connectivity index (χ0n) is 10.5. The molecule has 98 valence electrons. The van der Waals surface area contributed by atoms with E-state index in [9.17, 15) is 4.79 Å². The Labute approximate surface area is 111 Å². The number of hydrogen-bond donors (Lipinski definition) is 3. The lowest BCUT2D eigenvalue weighted by Gasteiger charge is -1.99. The molecule has 0 aliphatic rings. The summed E-state index contributed by atoms with van der Waals surface area (Å²) in [5, 5.41) is 3.82. The van der Waals surface area contributed by atoms with Gasteiger partial charge in [0.25, 0.3) is 5.91 Å². The fraction of sp³-hybridized carbons (Fsp3) is 0.143. The van der Waals surface area contributed by atoms with Crippen molar-refractivity contribution in [3.05, 3.63) is 42.5 Å². The van der Waals surface area contributed by atoms with E-state index in [-0.39, 0.29) is 7.33 Å². The topological polar surface area (TPSA) is 73.6 Å². The number of nitrogens with one attached hydrogen (secondary N) is 3. The molecule has 0 spiro atoms. The van der Waals surface area contributed by atoms with Gasteiger partial charge in [-0.25, -0.2) is 4.98 Å². The van der Waals surface area contributed by atoms with Gasteiger partial charge in [-0.2, -0.15) is 0 Å². The molecule has 3 N–H and O–H groups in total. The van der Waals surface area contributed by atoms with Gasteiger partial charge >= 0.3 is 0 Å². The Hall–Kier alpha value is -2.56. The second-order valence-electron chi connectivity index (χ2n) is 4.26. The van der Waals surface area contributed by atoms with Crippen LogP contribution in [0.25, 0.3) is 22.2 Å². The molecule has 0 aliphatic carbocycles. The molecule has 0 radical (unpaired) electrons. The lowest BCUT2D eigenvalue weighted by molar-refractivity contribution is 0.0951. The van der Waals surface area contributed by atoms with Crippen LogP contribution in [0.5, 0.6) is 0 Å². The highest BCUT2D eigenvalue weighted by Crippen LogP contribution is 2.27. The van der Waals surface area contributed by atoms with Crippen LogP contribution in [0.3, 0.4) is 0 Å². The van der Waals surface area contributed by atoms with Gasteiger partial charge in [0.05, 0.1) is 0 Å². The number of aromatic amines is 2. The van der Waals surface area contributed by atoms with Gasteiger partial charge in [-0.1, -0.05) is 0 Å². The Balaban J connectivity index is 0.00000147. The van der Waals surface area contributed by atoms with Crippen LogP contribution < -0.4 is 5.32 Å². The molecule has 0 bridgehead atoms. The minimum Gasteiger partial charge on any atom is -0.357 e. The van der Waals surface area contributed by atoms with E-state index < -0.39 is 0 Å². The summed E-state index contributed by atoms with van der Waals surface area (Å²) in [6, 6.07) is 5.78. The van der Waals surface area contributed by atoms with Crippen molar-refractivity contribution in [3.8, 4) is 11.1 Å². The zero-order valence-corrected chi connectivity index (χ0v) is 10.5. The van der Waals surface area contributed by atoms with Crippen LogP contribution in [0.15, 0.2) is 36.8 Å². The number of carbonyl (C=O) groups excluding carboxylic acids is 1. The molecular formula is C14H16N4O. The standard InChI is InChI=1S/C14H14N4O.H2/c1-2-15-14(19)12-7-9(8-18-12)10-3-5-16-13-11(10)4-6-17-13;/h3-8,18H,2H2,1H3,(H,15,19)(H,16,17);1H. The second kappa shape index (κ2) is 4.61. The number of carbonyl (C=O) groups is 1. The number of amides is 1. The Kier molecular flexibility index (Phi) is 2.79. The summed E-state index contributed by atoms with van der Waals surface area (Å²) >= 11 is 0. The molecule has 0 saturated carbocycles. The maximum atomic E-state index is 11.7. The first-order valence-corrected chi connectivity index (χ1v) is 6.18. The molecular weight excluding hydrogens is 240 g/mol. The molecule has 3 aromatic heterocycles. The van der Waals surface area contributed by atoms with Crippen molar-refractivity contribution in [2.75, 3.05) is 6.54 Å². The van der Waals surface area contributed by atoms with Crippen molar-refractivity contribution in [3.63, 3.8) is 0 Å². The van der Waals surface area contributed by atoms with Crippen molar-refractivity contribution in [1.82, 2.24) is 20.3 Å². The molecule has 3 rings (SSSR count). The summed E-state index contributed by atoms with van der Waals surface area (Å²) in [6.45, 7) is 2.51. The summed E-state index contributed by atoms with van der Waals surface area (Å²) < 4.78 is 0. The number of H-pyrrole nitrogens is 2. The third kappa shape index (κ3) is 1.99. The Bertz CT molecular complexity index is 731. The van der Waals surface area contributed by atoms with Gasteiger partial charge in [-0.15, -0.1) is 0 Å². The van der Waals surface area contributed by atoms with E-state index in [0.29, 0.717) is 12.2 Å². The fourth-order valence-corrected chi connectivity index (χ4v) is 2.15. The lowest BCUT2D eigenvalue weighted by atomic mass is 10.1. The Morgan fingerprint density at radius 1 is 1.42 bits per heavy atom. The molecule has 19 heavy (non-hydrogen) atoms. The monoisotopic (exact) mass is 256 g/mol. The molecule has 3 aromatic rings. The molecule has 5 heteroatoms. The fourth-order valence-electron chi connectivity index (χ4n) is 2.15.